The summed E-state index contributed by atoms with van der Waals surface area (Å²) in [5.74, 6) is 7.33. The van der Waals surface area contributed by atoms with E-state index < -0.39 is 0 Å². The highest BCUT2D eigenvalue weighted by molar-refractivity contribution is 9.09. The molecule has 0 aliphatic heterocycles. The summed E-state index contributed by atoms with van der Waals surface area (Å²) in [7, 11) is 0. The van der Waals surface area contributed by atoms with Crippen molar-refractivity contribution in [2.45, 2.75) is 72.6 Å². The van der Waals surface area contributed by atoms with Gasteiger partial charge in [0.25, 0.3) is 0 Å². The van der Waals surface area contributed by atoms with Gasteiger partial charge in [-0.25, -0.2) is 0 Å². The van der Waals surface area contributed by atoms with Crippen molar-refractivity contribution in [3.63, 3.8) is 0 Å². The molecule has 0 aromatic carbocycles. The van der Waals surface area contributed by atoms with Crippen LogP contribution in [0.25, 0.3) is 0 Å². The highest BCUT2D eigenvalue weighted by atomic mass is 79.9. The molecule has 0 aromatic heterocycles. The number of hydrogen-bond donors (Lipinski definition) is 0. The molecule has 1 atom stereocenters. The Labute approximate surface area is 117 Å². The molecular weight excluding hydrogens is 272 g/mol. The Hall–Kier alpha value is 0.0400. The zero-order valence-corrected chi connectivity index (χ0v) is 13.7. The van der Waals surface area contributed by atoms with E-state index in [1.807, 2.05) is 0 Å². The van der Waals surface area contributed by atoms with E-state index in [1.54, 1.807) is 0 Å². The van der Waals surface area contributed by atoms with Crippen molar-refractivity contribution in [2.75, 3.05) is 5.33 Å². The summed E-state index contributed by atoms with van der Waals surface area (Å²) in [5, 5.41) is 0.993. The van der Waals surface area contributed by atoms with Crippen LogP contribution in [-0.2, 0) is 0 Å². The molecule has 0 aliphatic carbocycles. The molecular formula is C16H29Br. The lowest BCUT2D eigenvalue weighted by atomic mass is 9.78. The Bertz CT molecular complexity index is 226. The standard InChI is InChI=1S/C16H29Br/c1-5-6-7-8-9-12-15(16(2,3)4)13-10-11-14-17/h15H,5-9,11-12,14H2,1-4H3. The van der Waals surface area contributed by atoms with Crippen molar-refractivity contribution >= 4 is 15.9 Å². The van der Waals surface area contributed by atoms with Gasteiger partial charge in [0.2, 0.25) is 0 Å². The predicted octanol–water partition coefficient (Wildman–Crippen LogP) is 5.80. The van der Waals surface area contributed by atoms with Crippen molar-refractivity contribution in [3.8, 4) is 11.8 Å². The Kier molecular flexibility index (Phi) is 10.0. The van der Waals surface area contributed by atoms with E-state index in [0.29, 0.717) is 11.3 Å². The van der Waals surface area contributed by atoms with Gasteiger partial charge in [0, 0.05) is 17.7 Å². The van der Waals surface area contributed by atoms with Gasteiger partial charge in [0.1, 0.15) is 0 Å². The average Bonchev–Trinajstić information content (AvgIpc) is 2.25. The Morgan fingerprint density at radius 1 is 1.06 bits per heavy atom. The molecule has 0 nitrogen and oxygen atoms in total. The van der Waals surface area contributed by atoms with Gasteiger partial charge in [-0.3, -0.25) is 0 Å². The Morgan fingerprint density at radius 3 is 2.24 bits per heavy atom. The van der Waals surface area contributed by atoms with Crippen LogP contribution < -0.4 is 0 Å². The van der Waals surface area contributed by atoms with Crippen LogP contribution in [0.3, 0.4) is 0 Å². The molecule has 0 fully saturated rings. The van der Waals surface area contributed by atoms with Crippen LogP contribution in [0.5, 0.6) is 0 Å². The lowest BCUT2D eigenvalue weighted by Gasteiger charge is -2.26. The van der Waals surface area contributed by atoms with Crippen LogP contribution in [-0.4, -0.2) is 5.33 Å². The zero-order chi connectivity index (χ0) is 13.1. The first-order valence-corrected chi connectivity index (χ1v) is 8.18. The van der Waals surface area contributed by atoms with Crippen LogP contribution in [0.4, 0.5) is 0 Å². The molecule has 0 heterocycles. The summed E-state index contributed by atoms with van der Waals surface area (Å²) in [5.41, 5.74) is 0.323. The molecule has 1 unspecified atom stereocenters. The second-order valence-corrected chi connectivity index (χ2v) is 6.67. The second-order valence-electron chi connectivity index (χ2n) is 5.88. The first-order valence-electron chi connectivity index (χ1n) is 7.06. The Morgan fingerprint density at radius 2 is 1.71 bits per heavy atom. The van der Waals surface area contributed by atoms with Crippen molar-refractivity contribution in [2.24, 2.45) is 11.3 Å². The van der Waals surface area contributed by atoms with Gasteiger partial charge in [-0.05, 0) is 11.8 Å². The number of unbranched alkanes of at least 4 members (excludes halogenated alkanes) is 4. The maximum absolute atomic E-state index is 3.47. The molecule has 0 aliphatic rings. The molecule has 0 radical (unpaired) electrons. The molecule has 0 saturated carbocycles. The van der Waals surface area contributed by atoms with Crippen molar-refractivity contribution < 1.29 is 0 Å². The summed E-state index contributed by atoms with van der Waals surface area (Å²) < 4.78 is 0. The largest absolute Gasteiger partial charge is 0.102 e. The van der Waals surface area contributed by atoms with Gasteiger partial charge in [0.15, 0.2) is 0 Å². The first-order chi connectivity index (χ1) is 8.02. The number of hydrogen-bond acceptors (Lipinski definition) is 0. The summed E-state index contributed by atoms with van der Waals surface area (Å²) in [6.07, 6.45) is 9.06. The molecule has 1 heteroatoms. The highest BCUT2D eigenvalue weighted by Gasteiger charge is 2.21. The van der Waals surface area contributed by atoms with E-state index in [4.69, 9.17) is 0 Å². The lowest BCUT2D eigenvalue weighted by Crippen LogP contribution is -2.18. The molecule has 0 N–H and O–H groups in total. The highest BCUT2D eigenvalue weighted by Crippen LogP contribution is 2.30. The fourth-order valence-electron chi connectivity index (χ4n) is 1.92. The van der Waals surface area contributed by atoms with Crippen LogP contribution in [0.1, 0.15) is 72.6 Å². The van der Waals surface area contributed by atoms with Crippen LogP contribution in [0, 0.1) is 23.2 Å². The number of alkyl halides is 1. The molecule has 0 spiro atoms. The molecule has 17 heavy (non-hydrogen) atoms. The van der Waals surface area contributed by atoms with Crippen LogP contribution >= 0.6 is 15.9 Å². The predicted molar refractivity (Wildman–Crippen MR) is 82.5 cm³/mol. The van der Waals surface area contributed by atoms with Crippen molar-refractivity contribution in [1.29, 1.82) is 0 Å². The van der Waals surface area contributed by atoms with E-state index in [-0.39, 0.29) is 0 Å². The fraction of sp³-hybridized carbons (Fsp3) is 0.875. The minimum atomic E-state index is 0.323. The normalized spacial score (nSPS) is 13.0. The van der Waals surface area contributed by atoms with Crippen molar-refractivity contribution in [3.05, 3.63) is 0 Å². The third kappa shape index (κ3) is 9.72. The first kappa shape index (κ1) is 17.0. The smallest absolute Gasteiger partial charge is 0.0251 e. The molecule has 0 amide bonds. The zero-order valence-electron chi connectivity index (χ0n) is 12.1. The van der Waals surface area contributed by atoms with E-state index in [2.05, 4.69) is 55.5 Å². The SMILES string of the molecule is CCCCCCCC(C#CCCBr)C(C)(C)C. The van der Waals surface area contributed by atoms with Crippen molar-refractivity contribution in [1.82, 2.24) is 0 Å². The van der Waals surface area contributed by atoms with E-state index in [0.717, 1.165) is 11.8 Å². The number of halogens is 1. The van der Waals surface area contributed by atoms with Gasteiger partial charge < -0.3 is 0 Å². The lowest BCUT2D eigenvalue weighted by molar-refractivity contribution is 0.281. The quantitative estimate of drug-likeness (QED) is 0.317. The fourth-order valence-corrected chi connectivity index (χ4v) is 2.11. The maximum atomic E-state index is 3.47. The molecule has 0 aromatic rings. The van der Waals surface area contributed by atoms with Gasteiger partial charge >= 0.3 is 0 Å². The maximum Gasteiger partial charge on any atom is 0.0251 e. The molecule has 0 rings (SSSR count). The average molecular weight is 301 g/mol. The minimum absolute atomic E-state index is 0.323. The summed E-state index contributed by atoms with van der Waals surface area (Å²) >= 11 is 3.43. The molecule has 0 saturated heterocycles. The van der Waals surface area contributed by atoms with Gasteiger partial charge in [0.05, 0.1) is 0 Å². The summed E-state index contributed by atoms with van der Waals surface area (Å²) in [4.78, 5) is 0. The third-order valence-electron chi connectivity index (χ3n) is 3.14. The van der Waals surface area contributed by atoms with E-state index in [9.17, 15) is 0 Å². The summed E-state index contributed by atoms with van der Waals surface area (Å²) in [6.45, 7) is 9.20. The van der Waals surface area contributed by atoms with Gasteiger partial charge in [-0.2, -0.15) is 0 Å². The second kappa shape index (κ2) is 10.0. The number of rotatable bonds is 7. The third-order valence-corrected chi connectivity index (χ3v) is 3.53. The Balaban J connectivity index is 4.01. The van der Waals surface area contributed by atoms with E-state index in [1.165, 1.54) is 38.5 Å². The van der Waals surface area contributed by atoms with Gasteiger partial charge in [-0.15, -0.1) is 5.92 Å². The van der Waals surface area contributed by atoms with E-state index >= 15 is 0 Å². The van der Waals surface area contributed by atoms with Gasteiger partial charge in [-0.1, -0.05) is 81.6 Å². The minimum Gasteiger partial charge on any atom is -0.102 e. The summed E-state index contributed by atoms with van der Waals surface area (Å²) in [6, 6.07) is 0. The van der Waals surface area contributed by atoms with Crippen LogP contribution in [0.15, 0.2) is 0 Å². The molecule has 0 bridgehead atoms. The van der Waals surface area contributed by atoms with Crippen LogP contribution in [0.2, 0.25) is 0 Å². The monoisotopic (exact) mass is 300 g/mol. The molecule has 100 valence electrons. The topological polar surface area (TPSA) is 0 Å².